The number of ether oxygens (including phenoxy) is 1. The largest absolute Gasteiger partial charge is 0.364 e. The smallest absolute Gasteiger partial charge is 0.253 e. The van der Waals surface area contributed by atoms with Gasteiger partial charge in [-0.15, -0.1) is 12.4 Å². The van der Waals surface area contributed by atoms with Crippen molar-refractivity contribution in [2.75, 3.05) is 11.9 Å². The van der Waals surface area contributed by atoms with E-state index in [1.54, 1.807) is 0 Å². The van der Waals surface area contributed by atoms with Crippen LogP contribution in [0.1, 0.15) is 63.5 Å². The molecule has 0 saturated carbocycles. The molecule has 130 valence electrons. The molecule has 2 atom stereocenters. The third-order valence-corrected chi connectivity index (χ3v) is 4.28. The van der Waals surface area contributed by atoms with Gasteiger partial charge in [-0.25, -0.2) is 0 Å². The molecule has 0 spiro atoms. The normalized spacial score (nSPS) is 20.7. The van der Waals surface area contributed by atoms with Crippen molar-refractivity contribution in [3.63, 3.8) is 0 Å². The van der Waals surface area contributed by atoms with Crippen molar-refractivity contribution >= 4 is 24.0 Å². The molecule has 1 aromatic rings. The van der Waals surface area contributed by atoms with Crippen LogP contribution in [0.3, 0.4) is 0 Å². The SMILES string of the molecule is CC(C)c1cccc(C(C)C)c1NC(=O)[C@@H]1CC[C@H](CN)O1.Cl. The Hall–Kier alpha value is -1.10. The third kappa shape index (κ3) is 4.69. The molecule has 1 aliphatic rings. The summed E-state index contributed by atoms with van der Waals surface area (Å²) in [4.78, 5) is 12.5. The number of halogens is 1. The highest BCUT2D eigenvalue weighted by atomic mass is 35.5. The summed E-state index contributed by atoms with van der Waals surface area (Å²) in [5.74, 6) is 0.663. The summed E-state index contributed by atoms with van der Waals surface area (Å²) < 4.78 is 5.71. The molecule has 0 bridgehead atoms. The molecule has 0 radical (unpaired) electrons. The van der Waals surface area contributed by atoms with Crippen LogP contribution >= 0.6 is 12.4 Å². The van der Waals surface area contributed by atoms with Crippen LogP contribution in [0.5, 0.6) is 0 Å². The number of rotatable bonds is 5. The number of amides is 1. The summed E-state index contributed by atoms with van der Waals surface area (Å²) in [6, 6.07) is 6.24. The number of carbonyl (C=O) groups is 1. The predicted octanol–water partition coefficient (Wildman–Crippen LogP) is 3.80. The molecule has 0 aromatic heterocycles. The molecule has 23 heavy (non-hydrogen) atoms. The third-order valence-electron chi connectivity index (χ3n) is 4.28. The maximum atomic E-state index is 12.5. The molecule has 1 heterocycles. The molecule has 2 rings (SSSR count). The minimum atomic E-state index is -0.381. The van der Waals surface area contributed by atoms with Crippen LogP contribution in [0.15, 0.2) is 18.2 Å². The first-order valence-electron chi connectivity index (χ1n) is 8.23. The zero-order valence-electron chi connectivity index (χ0n) is 14.5. The van der Waals surface area contributed by atoms with E-state index in [2.05, 4.69) is 51.2 Å². The van der Waals surface area contributed by atoms with Crippen LogP contribution in [0, 0.1) is 0 Å². The lowest BCUT2D eigenvalue weighted by Gasteiger charge is -2.21. The molecule has 1 saturated heterocycles. The number of anilines is 1. The molecular weight excluding hydrogens is 312 g/mol. The van der Waals surface area contributed by atoms with Crippen molar-refractivity contribution in [2.45, 2.75) is 64.6 Å². The van der Waals surface area contributed by atoms with Crippen LogP contribution in [-0.4, -0.2) is 24.7 Å². The van der Waals surface area contributed by atoms with Crippen LogP contribution in [0.25, 0.3) is 0 Å². The lowest BCUT2D eigenvalue weighted by Crippen LogP contribution is -2.30. The van der Waals surface area contributed by atoms with Gasteiger partial charge in [0.05, 0.1) is 6.10 Å². The highest BCUT2D eigenvalue weighted by Gasteiger charge is 2.30. The summed E-state index contributed by atoms with van der Waals surface area (Å²) in [5, 5.41) is 3.12. The van der Waals surface area contributed by atoms with E-state index in [-0.39, 0.29) is 30.5 Å². The van der Waals surface area contributed by atoms with E-state index in [1.165, 1.54) is 11.1 Å². The van der Waals surface area contributed by atoms with Gasteiger partial charge in [0, 0.05) is 12.2 Å². The minimum Gasteiger partial charge on any atom is -0.364 e. The number of para-hydroxylation sites is 1. The van der Waals surface area contributed by atoms with Gasteiger partial charge >= 0.3 is 0 Å². The van der Waals surface area contributed by atoms with Gasteiger partial charge in [0.25, 0.3) is 5.91 Å². The molecule has 5 heteroatoms. The minimum absolute atomic E-state index is 0. The summed E-state index contributed by atoms with van der Waals surface area (Å²) in [6.07, 6.45) is 1.24. The van der Waals surface area contributed by atoms with Gasteiger partial charge in [-0.2, -0.15) is 0 Å². The van der Waals surface area contributed by atoms with Crippen molar-refractivity contribution in [2.24, 2.45) is 5.73 Å². The average Bonchev–Trinajstić information content (AvgIpc) is 2.95. The van der Waals surface area contributed by atoms with Gasteiger partial charge < -0.3 is 15.8 Å². The highest BCUT2D eigenvalue weighted by Crippen LogP contribution is 2.33. The molecule has 3 N–H and O–H groups in total. The second-order valence-electron chi connectivity index (χ2n) is 6.67. The Balaban J connectivity index is 0.00000264. The van der Waals surface area contributed by atoms with E-state index < -0.39 is 0 Å². The number of hydrogen-bond acceptors (Lipinski definition) is 3. The van der Waals surface area contributed by atoms with Crippen LogP contribution < -0.4 is 11.1 Å². The fourth-order valence-corrected chi connectivity index (χ4v) is 2.97. The lowest BCUT2D eigenvalue weighted by atomic mass is 9.92. The van der Waals surface area contributed by atoms with Crippen molar-refractivity contribution < 1.29 is 9.53 Å². The Morgan fingerprint density at radius 3 is 2.22 bits per heavy atom. The topological polar surface area (TPSA) is 64.4 Å². The summed E-state index contributed by atoms with van der Waals surface area (Å²) >= 11 is 0. The average molecular weight is 341 g/mol. The van der Waals surface area contributed by atoms with Crippen LogP contribution in [-0.2, 0) is 9.53 Å². The van der Waals surface area contributed by atoms with Gasteiger partial charge in [0.2, 0.25) is 0 Å². The molecular formula is C18H29ClN2O2. The number of nitrogens with one attached hydrogen (secondary N) is 1. The van der Waals surface area contributed by atoms with Gasteiger partial charge in [0.1, 0.15) is 6.10 Å². The summed E-state index contributed by atoms with van der Waals surface area (Å²) in [5.41, 5.74) is 8.92. The first-order chi connectivity index (χ1) is 10.4. The molecule has 1 amide bonds. The Morgan fingerprint density at radius 2 is 1.78 bits per heavy atom. The Labute approximate surface area is 145 Å². The van der Waals surface area contributed by atoms with Gasteiger partial charge in [-0.05, 0) is 35.8 Å². The van der Waals surface area contributed by atoms with E-state index >= 15 is 0 Å². The van der Waals surface area contributed by atoms with Crippen LogP contribution in [0.2, 0.25) is 0 Å². The Kier molecular flexibility index (Phi) is 7.52. The van der Waals surface area contributed by atoms with Gasteiger partial charge in [-0.3, -0.25) is 4.79 Å². The quantitative estimate of drug-likeness (QED) is 0.856. The van der Waals surface area contributed by atoms with Gasteiger partial charge in [-0.1, -0.05) is 45.9 Å². The van der Waals surface area contributed by atoms with Gasteiger partial charge in [0.15, 0.2) is 0 Å². The first-order valence-corrected chi connectivity index (χ1v) is 8.23. The molecule has 1 fully saturated rings. The summed E-state index contributed by atoms with van der Waals surface area (Å²) in [7, 11) is 0. The first kappa shape index (κ1) is 19.9. The van der Waals surface area contributed by atoms with Crippen molar-refractivity contribution in [3.05, 3.63) is 29.3 Å². The second-order valence-corrected chi connectivity index (χ2v) is 6.67. The Morgan fingerprint density at radius 1 is 1.22 bits per heavy atom. The van der Waals surface area contributed by atoms with E-state index in [4.69, 9.17) is 10.5 Å². The number of carbonyl (C=O) groups excluding carboxylic acids is 1. The van der Waals surface area contributed by atoms with E-state index in [9.17, 15) is 4.79 Å². The molecule has 4 nitrogen and oxygen atoms in total. The number of nitrogens with two attached hydrogens (primary N) is 1. The Bertz CT molecular complexity index is 506. The standard InChI is InChI=1S/C18H28N2O2.ClH/c1-11(2)14-6-5-7-15(12(3)4)17(14)20-18(21)16-9-8-13(10-19)22-16;/h5-7,11-13,16H,8-10,19H2,1-4H3,(H,20,21);1H/t13-,16+;/m1./s1. The molecule has 1 aliphatic heterocycles. The fraction of sp³-hybridized carbons (Fsp3) is 0.611. The fourth-order valence-electron chi connectivity index (χ4n) is 2.97. The predicted molar refractivity (Wildman–Crippen MR) is 97.4 cm³/mol. The summed E-state index contributed by atoms with van der Waals surface area (Å²) in [6.45, 7) is 9.05. The van der Waals surface area contributed by atoms with E-state index in [0.717, 1.165) is 18.5 Å². The number of benzene rings is 1. The van der Waals surface area contributed by atoms with Crippen molar-refractivity contribution in [1.29, 1.82) is 0 Å². The zero-order valence-corrected chi connectivity index (χ0v) is 15.3. The molecule has 0 aliphatic carbocycles. The van der Waals surface area contributed by atoms with E-state index in [1.807, 2.05) is 0 Å². The van der Waals surface area contributed by atoms with Crippen molar-refractivity contribution in [3.8, 4) is 0 Å². The van der Waals surface area contributed by atoms with Crippen molar-refractivity contribution in [1.82, 2.24) is 0 Å². The maximum absolute atomic E-state index is 12.5. The van der Waals surface area contributed by atoms with E-state index in [0.29, 0.717) is 18.4 Å². The zero-order chi connectivity index (χ0) is 16.3. The number of hydrogen-bond donors (Lipinski definition) is 2. The van der Waals surface area contributed by atoms with Crippen LogP contribution in [0.4, 0.5) is 5.69 Å². The second kappa shape index (κ2) is 8.67. The lowest BCUT2D eigenvalue weighted by molar-refractivity contribution is -0.126. The monoisotopic (exact) mass is 340 g/mol. The molecule has 1 aromatic carbocycles. The maximum Gasteiger partial charge on any atom is 0.253 e. The highest BCUT2D eigenvalue weighted by molar-refractivity contribution is 5.96. The molecule has 0 unspecified atom stereocenters.